The van der Waals surface area contributed by atoms with Gasteiger partial charge in [-0.15, -0.1) is 11.8 Å². The summed E-state index contributed by atoms with van der Waals surface area (Å²) < 4.78 is 27.7. The van der Waals surface area contributed by atoms with Gasteiger partial charge in [0.2, 0.25) is 0 Å². The maximum Gasteiger partial charge on any atom is 0.261 e. The highest BCUT2D eigenvalue weighted by Crippen LogP contribution is 2.28. The van der Waals surface area contributed by atoms with Crippen molar-refractivity contribution >= 4 is 62.3 Å². The van der Waals surface area contributed by atoms with Gasteiger partial charge in [0.05, 0.1) is 16.1 Å². The quantitative estimate of drug-likeness (QED) is 0.365. The minimum absolute atomic E-state index is 0.0392. The first-order valence-corrected chi connectivity index (χ1v) is 12.4. The third-order valence-electron chi connectivity index (χ3n) is 4.03. The Labute approximate surface area is 196 Å². The summed E-state index contributed by atoms with van der Waals surface area (Å²) in [5.41, 5.74) is 1.31. The van der Waals surface area contributed by atoms with Crippen molar-refractivity contribution in [3.63, 3.8) is 0 Å². The van der Waals surface area contributed by atoms with E-state index in [9.17, 15) is 13.2 Å². The smallest absolute Gasteiger partial charge is 0.261 e. The first-order chi connectivity index (χ1) is 14.6. The van der Waals surface area contributed by atoms with Crippen LogP contribution in [0.15, 0.2) is 76.5 Å². The van der Waals surface area contributed by atoms with E-state index in [4.69, 9.17) is 23.2 Å². The molecule has 0 bridgehead atoms. The topological polar surface area (TPSA) is 75.3 Å². The molecule has 0 aliphatic heterocycles. The monoisotopic (exact) mass is 494 g/mol. The summed E-state index contributed by atoms with van der Waals surface area (Å²) in [4.78, 5) is 13.6. The summed E-state index contributed by atoms with van der Waals surface area (Å²) in [6.45, 7) is 4.12. The number of carbonyl (C=O) groups is 1. The van der Waals surface area contributed by atoms with Crippen LogP contribution in [0.4, 0.5) is 11.4 Å². The van der Waals surface area contributed by atoms with Crippen LogP contribution in [0, 0.1) is 0 Å². The lowest BCUT2D eigenvalue weighted by atomic mass is 10.2. The zero-order valence-corrected chi connectivity index (χ0v) is 19.9. The van der Waals surface area contributed by atoms with Crippen molar-refractivity contribution in [1.82, 2.24) is 0 Å². The summed E-state index contributed by atoms with van der Waals surface area (Å²) in [5.74, 6) is -0.258. The predicted octanol–water partition coefficient (Wildman–Crippen LogP) is 6.55. The fourth-order valence-corrected chi connectivity index (χ4v) is 5.27. The Hall–Kier alpha value is -2.19. The van der Waals surface area contributed by atoms with Gasteiger partial charge in [-0.05, 0) is 54.6 Å². The zero-order chi connectivity index (χ0) is 22.6. The number of nitrogens with one attached hydrogen (secondary N) is 2. The van der Waals surface area contributed by atoms with Crippen molar-refractivity contribution in [1.29, 1.82) is 0 Å². The van der Waals surface area contributed by atoms with E-state index >= 15 is 0 Å². The van der Waals surface area contributed by atoms with Crippen LogP contribution < -0.4 is 10.0 Å². The lowest BCUT2D eigenvalue weighted by molar-refractivity contribution is 0.102. The summed E-state index contributed by atoms with van der Waals surface area (Å²) in [6, 6.07) is 17.7. The van der Waals surface area contributed by atoms with Crippen LogP contribution in [-0.2, 0) is 10.0 Å². The van der Waals surface area contributed by atoms with Gasteiger partial charge in [-0.25, -0.2) is 8.42 Å². The SMILES string of the molecule is CC(C)Sc1ccccc1C(=O)Nc1ccc(S(=O)(=O)Nc2cc(Cl)cc(Cl)c2)cc1. The molecule has 3 aromatic carbocycles. The molecule has 0 saturated heterocycles. The Morgan fingerprint density at radius 3 is 2.13 bits per heavy atom. The van der Waals surface area contributed by atoms with Crippen LogP contribution in [0.25, 0.3) is 0 Å². The number of thioether (sulfide) groups is 1. The number of benzene rings is 3. The third-order valence-corrected chi connectivity index (χ3v) is 6.95. The molecule has 0 atom stereocenters. The molecule has 0 spiro atoms. The van der Waals surface area contributed by atoms with E-state index in [1.807, 2.05) is 18.2 Å². The molecule has 3 rings (SSSR count). The third kappa shape index (κ3) is 6.40. The van der Waals surface area contributed by atoms with Gasteiger partial charge in [-0.2, -0.15) is 0 Å². The molecular formula is C22H20Cl2N2O3S2. The first kappa shape index (κ1) is 23.5. The van der Waals surface area contributed by atoms with Crippen molar-refractivity contribution in [2.75, 3.05) is 10.0 Å². The second-order valence-electron chi connectivity index (χ2n) is 6.90. The Morgan fingerprint density at radius 2 is 1.52 bits per heavy atom. The van der Waals surface area contributed by atoms with Gasteiger partial charge in [0.25, 0.3) is 15.9 Å². The van der Waals surface area contributed by atoms with E-state index in [1.165, 1.54) is 42.5 Å². The van der Waals surface area contributed by atoms with Crippen LogP contribution in [-0.4, -0.2) is 19.6 Å². The number of halogens is 2. The Balaban J connectivity index is 1.75. The largest absolute Gasteiger partial charge is 0.322 e. The van der Waals surface area contributed by atoms with Crippen molar-refractivity contribution in [3.8, 4) is 0 Å². The fourth-order valence-electron chi connectivity index (χ4n) is 2.75. The van der Waals surface area contributed by atoms with E-state index in [2.05, 4.69) is 23.9 Å². The average Bonchev–Trinajstić information content (AvgIpc) is 2.67. The highest BCUT2D eigenvalue weighted by atomic mass is 35.5. The van der Waals surface area contributed by atoms with E-state index in [-0.39, 0.29) is 16.5 Å². The zero-order valence-electron chi connectivity index (χ0n) is 16.7. The van der Waals surface area contributed by atoms with Gasteiger partial charge in [0.1, 0.15) is 0 Å². The normalized spacial score (nSPS) is 11.4. The highest BCUT2D eigenvalue weighted by molar-refractivity contribution is 8.00. The fraction of sp³-hybridized carbons (Fsp3) is 0.136. The molecule has 0 saturated carbocycles. The summed E-state index contributed by atoms with van der Waals surface area (Å²) >= 11 is 13.5. The van der Waals surface area contributed by atoms with E-state index in [0.29, 0.717) is 26.5 Å². The average molecular weight is 495 g/mol. The molecule has 0 aliphatic rings. The number of hydrogen-bond donors (Lipinski definition) is 2. The number of hydrogen-bond acceptors (Lipinski definition) is 4. The van der Waals surface area contributed by atoms with Crippen LogP contribution in [0.2, 0.25) is 10.0 Å². The van der Waals surface area contributed by atoms with E-state index in [1.54, 1.807) is 17.8 Å². The molecule has 0 radical (unpaired) electrons. The van der Waals surface area contributed by atoms with Crippen LogP contribution in [0.5, 0.6) is 0 Å². The van der Waals surface area contributed by atoms with Gasteiger partial charge in [0, 0.05) is 25.9 Å². The molecule has 9 heteroatoms. The van der Waals surface area contributed by atoms with Crippen LogP contribution in [0.1, 0.15) is 24.2 Å². The number of rotatable bonds is 7. The molecule has 0 fully saturated rings. The van der Waals surface area contributed by atoms with Crippen molar-refractivity contribution < 1.29 is 13.2 Å². The molecule has 0 aromatic heterocycles. The highest BCUT2D eigenvalue weighted by Gasteiger charge is 2.16. The van der Waals surface area contributed by atoms with Crippen molar-refractivity contribution in [2.24, 2.45) is 0 Å². The van der Waals surface area contributed by atoms with Crippen LogP contribution >= 0.6 is 35.0 Å². The second-order valence-corrected chi connectivity index (χ2v) is 11.1. The van der Waals surface area contributed by atoms with E-state index < -0.39 is 10.0 Å². The molecule has 0 unspecified atom stereocenters. The standard InChI is InChI=1S/C22H20Cl2N2O3S2/c1-14(2)30-21-6-4-3-5-20(21)22(27)25-17-7-9-19(10-8-17)31(28,29)26-18-12-15(23)11-16(24)13-18/h3-14,26H,1-2H3,(H,25,27). The molecular weight excluding hydrogens is 475 g/mol. The second kappa shape index (κ2) is 9.96. The molecule has 1 amide bonds. The van der Waals surface area contributed by atoms with Crippen molar-refractivity contribution in [3.05, 3.63) is 82.3 Å². The number of amides is 1. The number of anilines is 2. The molecule has 2 N–H and O–H groups in total. The molecule has 0 aliphatic carbocycles. The molecule has 3 aromatic rings. The summed E-state index contributed by atoms with van der Waals surface area (Å²) in [6.07, 6.45) is 0. The summed E-state index contributed by atoms with van der Waals surface area (Å²) in [7, 11) is -3.85. The van der Waals surface area contributed by atoms with E-state index in [0.717, 1.165) is 4.90 Å². The minimum Gasteiger partial charge on any atom is -0.322 e. The van der Waals surface area contributed by atoms with Gasteiger partial charge in [0.15, 0.2) is 0 Å². The number of sulfonamides is 1. The number of carbonyl (C=O) groups excluding carboxylic acids is 1. The Kier molecular flexibility index (Phi) is 7.54. The maximum atomic E-state index is 12.7. The lowest BCUT2D eigenvalue weighted by Crippen LogP contribution is -2.15. The van der Waals surface area contributed by atoms with Gasteiger partial charge >= 0.3 is 0 Å². The van der Waals surface area contributed by atoms with Crippen LogP contribution in [0.3, 0.4) is 0 Å². The Morgan fingerprint density at radius 1 is 0.903 bits per heavy atom. The molecule has 31 heavy (non-hydrogen) atoms. The van der Waals surface area contributed by atoms with Gasteiger partial charge in [-0.1, -0.05) is 49.2 Å². The van der Waals surface area contributed by atoms with Gasteiger partial charge in [-0.3, -0.25) is 9.52 Å². The van der Waals surface area contributed by atoms with Gasteiger partial charge < -0.3 is 5.32 Å². The Bertz CT molecular complexity index is 1180. The molecule has 0 heterocycles. The first-order valence-electron chi connectivity index (χ1n) is 9.30. The molecule has 5 nitrogen and oxygen atoms in total. The van der Waals surface area contributed by atoms with Crippen molar-refractivity contribution in [2.45, 2.75) is 28.9 Å². The summed E-state index contributed by atoms with van der Waals surface area (Å²) in [5, 5.41) is 3.78. The maximum absolute atomic E-state index is 12.7. The lowest BCUT2D eigenvalue weighted by Gasteiger charge is -2.12. The molecule has 162 valence electrons. The minimum atomic E-state index is -3.85. The predicted molar refractivity (Wildman–Crippen MR) is 129 cm³/mol.